The molecule has 9 nitrogen and oxygen atoms in total. The lowest BCUT2D eigenvalue weighted by molar-refractivity contribution is -0.126. The van der Waals surface area contributed by atoms with E-state index in [2.05, 4.69) is 14.9 Å². The summed E-state index contributed by atoms with van der Waals surface area (Å²) in [5, 5.41) is 4.20. The number of ether oxygens (including phenoxy) is 1. The van der Waals surface area contributed by atoms with Crippen LogP contribution in [0.1, 0.15) is 29.0 Å². The molecule has 0 N–H and O–H groups in total. The van der Waals surface area contributed by atoms with Crippen LogP contribution in [0, 0.1) is 0 Å². The second-order valence-electron chi connectivity index (χ2n) is 7.58. The number of furan rings is 1. The lowest BCUT2D eigenvalue weighted by atomic mass is 10.0. The van der Waals surface area contributed by atoms with Gasteiger partial charge in [-0.15, -0.1) is 0 Å². The zero-order chi connectivity index (χ0) is 20.4. The molecule has 1 unspecified atom stereocenters. The highest BCUT2D eigenvalue weighted by molar-refractivity contribution is 5.97. The normalized spacial score (nSPS) is 21.5. The fourth-order valence-corrected chi connectivity index (χ4v) is 4.19. The Hall–Kier alpha value is -2.65. The number of piperazine rings is 1. The van der Waals surface area contributed by atoms with Gasteiger partial charge in [-0.05, 0) is 18.9 Å². The monoisotopic (exact) mass is 401 g/mol. The Kier molecular flexibility index (Phi) is 5.68. The molecule has 2 aliphatic heterocycles. The van der Waals surface area contributed by atoms with Crippen molar-refractivity contribution in [3.8, 4) is 0 Å². The Balaban J connectivity index is 1.35. The summed E-state index contributed by atoms with van der Waals surface area (Å²) >= 11 is 0. The van der Waals surface area contributed by atoms with E-state index in [-0.39, 0.29) is 17.9 Å². The van der Waals surface area contributed by atoms with Crippen molar-refractivity contribution in [3.63, 3.8) is 0 Å². The van der Waals surface area contributed by atoms with Crippen LogP contribution in [-0.4, -0.2) is 77.3 Å². The average Bonchev–Trinajstić information content (AvgIpc) is 3.37. The molecule has 0 radical (unpaired) electrons. The van der Waals surface area contributed by atoms with Crippen molar-refractivity contribution in [2.24, 2.45) is 7.05 Å². The van der Waals surface area contributed by atoms with Crippen LogP contribution in [0.5, 0.6) is 0 Å². The number of esters is 1. The third-order valence-electron chi connectivity index (χ3n) is 5.78. The number of hydrogen-bond acceptors (Lipinski definition) is 7. The number of anilines is 1. The van der Waals surface area contributed by atoms with E-state index in [0.29, 0.717) is 17.9 Å². The highest BCUT2D eigenvalue weighted by Gasteiger charge is 2.36. The van der Waals surface area contributed by atoms with Crippen LogP contribution < -0.4 is 4.90 Å². The molecule has 0 spiro atoms. The van der Waals surface area contributed by atoms with Gasteiger partial charge in [-0.1, -0.05) is 0 Å². The number of carbonyl (C=O) groups excluding carboxylic acids is 2. The quantitative estimate of drug-likeness (QED) is 0.694. The molecule has 2 aliphatic rings. The zero-order valence-electron chi connectivity index (χ0n) is 16.9. The van der Waals surface area contributed by atoms with Crippen molar-refractivity contribution in [2.45, 2.75) is 25.4 Å². The second kappa shape index (κ2) is 8.38. The molecule has 2 aromatic heterocycles. The number of aromatic nitrogens is 2. The number of hydrogen-bond donors (Lipinski definition) is 0. The summed E-state index contributed by atoms with van der Waals surface area (Å²) in [4.78, 5) is 31.3. The van der Waals surface area contributed by atoms with Crippen molar-refractivity contribution in [3.05, 3.63) is 36.0 Å². The number of nitrogens with zero attached hydrogens (tertiary/aromatic N) is 5. The first-order valence-corrected chi connectivity index (χ1v) is 9.98. The van der Waals surface area contributed by atoms with Gasteiger partial charge in [0.2, 0.25) is 5.91 Å². The van der Waals surface area contributed by atoms with E-state index in [4.69, 9.17) is 9.15 Å². The van der Waals surface area contributed by atoms with Gasteiger partial charge in [-0.3, -0.25) is 19.3 Å². The Morgan fingerprint density at radius 1 is 1.28 bits per heavy atom. The molecule has 2 aromatic rings. The van der Waals surface area contributed by atoms with Gasteiger partial charge in [0.15, 0.2) is 0 Å². The first kappa shape index (κ1) is 19.7. The maximum absolute atomic E-state index is 13.1. The average molecular weight is 401 g/mol. The molecule has 4 rings (SSSR count). The predicted octanol–water partition coefficient (Wildman–Crippen LogP) is 1.11. The standard InChI is InChI=1S/C20H27N5O4/c1-22-13-15(12-21-22)25-6-3-4-17(19(25)26)24-9-7-23(8-10-24)14-18-16(5-11-29-18)20(27)28-2/h5,11-13,17H,3-4,6-10,14H2,1-2H3. The lowest BCUT2D eigenvalue weighted by Crippen LogP contribution is -2.57. The van der Waals surface area contributed by atoms with Crippen LogP contribution in [0.15, 0.2) is 29.1 Å². The maximum Gasteiger partial charge on any atom is 0.341 e. The van der Waals surface area contributed by atoms with E-state index in [0.717, 1.165) is 51.3 Å². The number of amides is 1. The Morgan fingerprint density at radius 3 is 2.76 bits per heavy atom. The SMILES string of the molecule is COC(=O)c1ccoc1CN1CCN(C2CCCN(c3cnn(C)c3)C2=O)CC1. The number of carbonyl (C=O) groups is 2. The minimum absolute atomic E-state index is 0.0830. The highest BCUT2D eigenvalue weighted by Crippen LogP contribution is 2.24. The molecule has 1 amide bonds. The molecule has 2 saturated heterocycles. The molecule has 156 valence electrons. The van der Waals surface area contributed by atoms with E-state index in [1.807, 2.05) is 18.1 Å². The van der Waals surface area contributed by atoms with Crippen molar-refractivity contribution < 1.29 is 18.7 Å². The van der Waals surface area contributed by atoms with Gasteiger partial charge in [-0.25, -0.2) is 4.79 Å². The molecule has 0 saturated carbocycles. The number of methoxy groups -OCH3 is 1. The van der Waals surface area contributed by atoms with Crippen LogP contribution in [0.25, 0.3) is 0 Å². The second-order valence-corrected chi connectivity index (χ2v) is 7.58. The summed E-state index contributed by atoms with van der Waals surface area (Å²) in [6.45, 7) is 4.56. The number of aryl methyl sites for hydroxylation is 1. The zero-order valence-corrected chi connectivity index (χ0v) is 16.9. The van der Waals surface area contributed by atoms with E-state index in [1.165, 1.54) is 13.4 Å². The van der Waals surface area contributed by atoms with Crippen LogP contribution in [0.2, 0.25) is 0 Å². The molecule has 0 aromatic carbocycles. The van der Waals surface area contributed by atoms with E-state index in [9.17, 15) is 9.59 Å². The summed E-state index contributed by atoms with van der Waals surface area (Å²) in [6, 6.07) is 1.56. The lowest BCUT2D eigenvalue weighted by Gasteiger charge is -2.42. The van der Waals surface area contributed by atoms with Crippen LogP contribution in [0.4, 0.5) is 5.69 Å². The number of rotatable bonds is 5. The van der Waals surface area contributed by atoms with Crippen LogP contribution in [0.3, 0.4) is 0 Å². The molecule has 29 heavy (non-hydrogen) atoms. The Bertz CT molecular complexity index is 868. The molecule has 1 atom stereocenters. The highest BCUT2D eigenvalue weighted by atomic mass is 16.5. The van der Waals surface area contributed by atoms with E-state index >= 15 is 0 Å². The fraction of sp³-hybridized carbons (Fsp3) is 0.550. The minimum atomic E-state index is -0.379. The van der Waals surface area contributed by atoms with Gasteiger partial charge in [-0.2, -0.15) is 5.10 Å². The van der Waals surface area contributed by atoms with Gasteiger partial charge >= 0.3 is 5.97 Å². The third-order valence-corrected chi connectivity index (χ3v) is 5.78. The molecule has 2 fully saturated rings. The van der Waals surface area contributed by atoms with Gasteiger partial charge in [0.05, 0.1) is 37.8 Å². The topological polar surface area (TPSA) is 84.1 Å². The molecule has 0 bridgehead atoms. The predicted molar refractivity (Wildman–Crippen MR) is 105 cm³/mol. The van der Waals surface area contributed by atoms with Crippen LogP contribution in [-0.2, 0) is 23.1 Å². The molecule has 4 heterocycles. The van der Waals surface area contributed by atoms with Crippen molar-refractivity contribution >= 4 is 17.6 Å². The number of piperidine rings is 1. The molecule has 9 heteroatoms. The summed E-state index contributed by atoms with van der Waals surface area (Å²) < 4.78 is 12.0. The fourth-order valence-electron chi connectivity index (χ4n) is 4.19. The molecule has 0 aliphatic carbocycles. The summed E-state index contributed by atoms with van der Waals surface area (Å²) in [5.74, 6) is 0.411. The van der Waals surface area contributed by atoms with Crippen molar-refractivity contribution in [1.29, 1.82) is 0 Å². The van der Waals surface area contributed by atoms with E-state index in [1.54, 1.807) is 16.9 Å². The van der Waals surface area contributed by atoms with Crippen molar-refractivity contribution in [2.75, 3.05) is 44.7 Å². The van der Waals surface area contributed by atoms with Crippen LogP contribution >= 0.6 is 0 Å². The van der Waals surface area contributed by atoms with Gasteiger partial charge in [0.1, 0.15) is 11.3 Å². The summed E-state index contributed by atoms with van der Waals surface area (Å²) in [6.07, 6.45) is 7.03. The molecular weight excluding hydrogens is 374 g/mol. The largest absolute Gasteiger partial charge is 0.467 e. The third kappa shape index (κ3) is 4.06. The summed E-state index contributed by atoms with van der Waals surface area (Å²) in [7, 11) is 3.23. The Labute approximate surface area is 169 Å². The Morgan fingerprint density at radius 2 is 2.07 bits per heavy atom. The van der Waals surface area contributed by atoms with E-state index < -0.39 is 0 Å². The van der Waals surface area contributed by atoms with Gasteiger partial charge in [0, 0.05) is 46.0 Å². The van der Waals surface area contributed by atoms with Gasteiger partial charge < -0.3 is 14.1 Å². The maximum atomic E-state index is 13.1. The molecular formula is C20H27N5O4. The van der Waals surface area contributed by atoms with Crippen molar-refractivity contribution in [1.82, 2.24) is 19.6 Å². The first-order valence-electron chi connectivity index (χ1n) is 9.98. The minimum Gasteiger partial charge on any atom is -0.467 e. The van der Waals surface area contributed by atoms with Gasteiger partial charge in [0.25, 0.3) is 0 Å². The smallest absolute Gasteiger partial charge is 0.341 e. The first-order chi connectivity index (χ1) is 14.1. The summed E-state index contributed by atoms with van der Waals surface area (Å²) in [5.41, 5.74) is 1.35.